The van der Waals surface area contributed by atoms with Gasteiger partial charge < -0.3 is 14.9 Å². The highest BCUT2D eigenvalue weighted by Crippen LogP contribution is 2.44. The molecule has 0 bridgehead atoms. The molecule has 1 spiro atoms. The molecule has 1 aliphatic heterocycles. The molecule has 94 valence electrons. The number of hydrogen-bond acceptors (Lipinski definition) is 3. The summed E-state index contributed by atoms with van der Waals surface area (Å²) in [5, 5.41) is 0. The molecule has 1 saturated carbocycles. The number of hydrogen-bond donors (Lipinski definition) is 1. The molecule has 0 aromatic carbocycles. The first-order chi connectivity index (χ1) is 8.29. The molecule has 2 heterocycles. The highest BCUT2D eigenvalue weighted by Gasteiger charge is 2.41. The van der Waals surface area contributed by atoms with E-state index in [1.807, 2.05) is 12.1 Å². The summed E-state index contributed by atoms with van der Waals surface area (Å²) in [4.78, 5) is 0. The van der Waals surface area contributed by atoms with Crippen LogP contribution in [-0.2, 0) is 4.74 Å². The Labute approximate surface area is 102 Å². The van der Waals surface area contributed by atoms with Crippen molar-refractivity contribution in [3.63, 3.8) is 0 Å². The standard InChI is InChI=1S/C14H21NO2/c15-13(12-4-3-8-16-12)11-5-9-17-14(10-11)6-1-2-7-14/h3-4,8,11,13H,1-2,5-7,9-10,15H2. The van der Waals surface area contributed by atoms with Gasteiger partial charge in [-0.15, -0.1) is 0 Å². The minimum Gasteiger partial charge on any atom is -0.468 e. The maximum Gasteiger partial charge on any atom is 0.120 e. The lowest BCUT2D eigenvalue weighted by atomic mass is 9.80. The lowest BCUT2D eigenvalue weighted by Gasteiger charge is -2.40. The molecule has 3 heteroatoms. The van der Waals surface area contributed by atoms with Crippen LogP contribution < -0.4 is 5.73 Å². The van der Waals surface area contributed by atoms with Crippen molar-refractivity contribution < 1.29 is 9.15 Å². The maximum atomic E-state index is 6.32. The van der Waals surface area contributed by atoms with Crippen LogP contribution in [0.1, 0.15) is 50.3 Å². The molecule has 2 aliphatic rings. The third-order valence-electron chi connectivity index (χ3n) is 4.43. The van der Waals surface area contributed by atoms with Gasteiger partial charge in [0.25, 0.3) is 0 Å². The predicted molar refractivity (Wildman–Crippen MR) is 65.5 cm³/mol. The van der Waals surface area contributed by atoms with Gasteiger partial charge in [0.15, 0.2) is 0 Å². The smallest absolute Gasteiger partial charge is 0.120 e. The number of ether oxygens (including phenoxy) is 1. The average Bonchev–Trinajstić information content (AvgIpc) is 3.00. The first-order valence-corrected chi connectivity index (χ1v) is 6.72. The van der Waals surface area contributed by atoms with E-state index in [4.69, 9.17) is 14.9 Å². The van der Waals surface area contributed by atoms with E-state index in [0.29, 0.717) is 5.92 Å². The zero-order chi connectivity index (χ0) is 11.7. The zero-order valence-electron chi connectivity index (χ0n) is 10.2. The van der Waals surface area contributed by atoms with Crippen LogP contribution >= 0.6 is 0 Å². The van der Waals surface area contributed by atoms with Gasteiger partial charge in [-0.2, -0.15) is 0 Å². The third-order valence-corrected chi connectivity index (χ3v) is 4.43. The monoisotopic (exact) mass is 235 g/mol. The van der Waals surface area contributed by atoms with Gasteiger partial charge in [0.05, 0.1) is 17.9 Å². The van der Waals surface area contributed by atoms with Gasteiger partial charge in [-0.3, -0.25) is 0 Å². The molecular weight excluding hydrogens is 214 g/mol. The fourth-order valence-electron chi connectivity index (χ4n) is 3.45. The summed E-state index contributed by atoms with van der Waals surface area (Å²) < 4.78 is 11.5. The lowest BCUT2D eigenvalue weighted by molar-refractivity contribution is -0.0971. The quantitative estimate of drug-likeness (QED) is 0.857. The van der Waals surface area contributed by atoms with E-state index in [-0.39, 0.29) is 11.6 Å². The van der Waals surface area contributed by atoms with Crippen LogP contribution in [0.15, 0.2) is 22.8 Å². The van der Waals surface area contributed by atoms with Crippen molar-refractivity contribution in [3.8, 4) is 0 Å². The Bertz CT molecular complexity index is 354. The first-order valence-electron chi connectivity index (χ1n) is 6.72. The summed E-state index contributed by atoms with van der Waals surface area (Å²) in [5.41, 5.74) is 6.46. The van der Waals surface area contributed by atoms with Crippen LogP contribution in [0.5, 0.6) is 0 Å². The molecule has 1 aliphatic carbocycles. The topological polar surface area (TPSA) is 48.4 Å². The van der Waals surface area contributed by atoms with Crippen LogP contribution in [0.25, 0.3) is 0 Å². The molecule has 1 aromatic rings. The second-order valence-electron chi connectivity index (χ2n) is 5.53. The van der Waals surface area contributed by atoms with E-state index in [1.54, 1.807) is 6.26 Å². The summed E-state index contributed by atoms with van der Waals surface area (Å²) in [6.07, 6.45) is 8.92. The molecule has 2 atom stereocenters. The highest BCUT2D eigenvalue weighted by atomic mass is 16.5. The van der Waals surface area contributed by atoms with E-state index in [1.165, 1.54) is 25.7 Å². The Morgan fingerprint density at radius 3 is 2.88 bits per heavy atom. The van der Waals surface area contributed by atoms with Crippen LogP contribution in [0, 0.1) is 5.92 Å². The molecule has 2 fully saturated rings. The Morgan fingerprint density at radius 1 is 1.35 bits per heavy atom. The molecule has 2 N–H and O–H groups in total. The normalized spacial score (nSPS) is 29.6. The van der Waals surface area contributed by atoms with Gasteiger partial charge >= 0.3 is 0 Å². The first kappa shape index (κ1) is 11.3. The van der Waals surface area contributed by atoms with Crippen LogP contribution in [0.4, 0.5) is 0 Å². The second kappa shape index (κ2) is 4.46. The van der Waals surface area contributed by atoms with Gasteiger partial charge in [0, 0.05) is 6.61 Å². The van der Waals surface area contributed by atoms with Crippen LogP contribution in [0.2, 0.25) is 0 Å². The van der Waals surface area contributed by atoms with Gasteiger partial charge in [-0.25, -0.2) is 0 Å². The van der Waals surface area contributed by atoms with Crippen molar-refractivity contribution >= 4 is 0 Å². The van der Waals surface area contributed by atoms with Crippen molar-refractivity contribution in [1.29, 1.82) is 0 Å². The van der Waals surface area contributed by atoms with Gasteiger partial charge in [0.1, 0.15) is 5.76 Å². The summed E-state index contributed by atoms with van der Waals surface area (Å²) >= 11 is 0. The molecule has 1 saturated heterocycles. The molecule has 1 aromatic heterocycles. The Kier molecular flexibility index (Phi) is 2.97. The fraction of sp³-hybridized carbons (Fsp3) is 0.714. The number of rotatable bonds is 2. The molecule has 0 amide bonds. The van der Waals surface area contributed by atoms with Crippen molar-refractivity contribution in [2.45, 2.75) is 50.2 Å². The number of nitrogens with two attached hydrogens (primary N) is 1. The Balaban J connectivity index is 1.71. The molecule has 2 unspecified atom stereocenters. The van der Waals surface area contributed by atoms with Gasteiger partial charge in [-0.05, 0) is 43.7 Å². The summed E-state index contributed by atoms with van der Waals surface area (Å²) in [5.74, 6) is 1.43. The second-order valence-corrected chi connectivity index (χ2v) is 5.53. The molecule has 3 rings (SSSR count). The molecular formula is C14H21NO2. The van der Waals surface area contributed by atoms with E-state index < -0.39 is 0 Å². The maximum absolute atomic E-state index is 6.32. The van der Waals surface area contributed by atoms with Crippen molar-refractivity contribution in [2.75, 3.05) is 6.61 Å². The van der Waals surface area contributed by atoms with E-state index in [2.05, 4.69) is 0 Å². The van der Waals surface area contributed by atoms with Crippen LogP contribution in [-0.4, -0.2) is 12.2 Å². The minimum absolute atomic E-state index is 0.0337. The Hall–Kier alpha value is -0.800. The highest BCUT2D eigenvalue weighted by molar-refractivity contribution is 5.07. The van der Waals surface area contributed by atoms with E-state index in [9.17, 15) is 0 Å². The van der Waals surface area contributed by atoms with E-state index >= 15 is 0 Å². The largest absolute Gasteiger partial charge is 0.468 e. The van der Waals surface area contributed by atoms with Gasteiger partial charge in [-0.1, -0.05) is 12.8 Å². The Morgan fingerprint density at radius 2 is 2.18 bits per heavy atom. The van der Waals surface area contributed by atoms with Gasteiger partial charge in [0.2, 0.25) is 0 Å². The molecule has 17 heavy (non-hydrogen) atoms. The van der Waals surface area contributed by atoms with Crippen molar-refractivity contribution in [3.05, 3.63) is 24.2 Å². The van der Waals surface area contributed by atoms with Crippen LogP contribution in [0.3, 0.4) is 0 Å². The number of furan rings is 1. The minimum atomic E-state index is 0.0337. The van der Waals surface area contributed by atoms with Crippen molar-refractivity contribution in [2.24, 2.45) is 11.7 Å². The SMILES string of the molecule is NC(c1ccco1)C1CCOC2(CCCC2)C1. The summed E-state index contributed by atoms with van der Waals surface area (Å²) in [6.45, 7) is 0.860. The van der Waals surface area contributed by atoms with Crippen molar-refractivity contribution in [1.82, 2.24) is 0 Å². The fourth-order valence-corrected chi connectivity index (χ4v) is 3.45. The third kappa shape index (κ3) is 2.14. The summed E-state index contributed by atoms with van der Waals surface area (Å²) in [6, 6.07) is 3.94. The lowest BCUT2D eigenvalue weighted by Crippen LogP contribution is -2.40. The molecule has 0 radical (unpaired) electrons. The summed E-state index contributed by atoms with van der Waals surface area (Å²) in [7, 11) is 0. The average molecular weight is 235 g/mol. The predicted octanol–water partition coefficient (Wildman–Crippen LogP) is 3.02. The van der Waals surface area contributed by atoms with E-state index in [0.717, 1.165) is 25.2 Å². The molecule has 3 nitrogen and oxygen atoms in total. The zero-order valence-corrected chi connectivity index (χ0v) is 10.2.